The van der Waals surface area contributed by atoms with Crippen LogP contribution >= 0.6 is 0 Å². The summed E-state index contributed by atoms with van der Waals surface area (Å²) in [6.45, 7) is 0.00405. The predicted octanol–water partition coefficient (Wildman–Crippen LogP) is 2.47. The lowest BCUT2D eigenvalue weighted by Gasteiger charge is -2.12. The molecule has 0 unspecified atom stereocenters. The fraction of sp³-hybridized carbons (Fsp3) is 0.300. The molecule has 2 rings (SSSR count). The number of hydrogen-bond donors (Lipinski definition) is 1. The monoisotopic (exact) mass is 440 g/mol. The molecule has 0 radical (unpaired) electrons. The van der Waals surface area contributed by atoms with Gasteiger partial charge in [0.15, 0.2) is 0 Å². The molecule has 2 aromatic carbocycles. The highest BCUT2D eigenvalue weighted by molar-refractivity contribution is 7.89. The van der Waals surface area contributed by atoms with Gasteiger partial charge in [-0.1, -0.05) is 12.1 Å². The highest BCUT2D eigenvalue weighted by Crippen LogP contribution is 2.15. The third-order valence-electron chi connectivity index (χ3n) is 4.10. The summed E-state index contributed by atoms with van der Waals surface area (Å²) < 4.78 is 56.9. The minimum Gasteiger partial charge on any atom is -0.461 e. The van der Waals surface area contributed by atoms with E-state index >= 15 is 0 Å². The van der Waals surface area contributed by atoms with Gasteiger partial charge in [-0.05, 0) is 36.2 Å². The normalized spacial score (nSPS) is 11.4. The van der Waals surface area contributed by atoms with Gasteiger partial charge in [-0.15, -0.1) is 0 Å². The second-order valence-electron chi connectivity index (χ2n) is 6.58. The molecule has 0 atom stereocenters. The van der Waals surface area contributed by atoms with Crippen molar-refractivity contribution in [3.8, 4) is 0 Å². The number of sulfonamides is 1. The number of rotatable bonds is 9. The quantitative estimate of drug-likeness (QED) is 0.478. The highest BCUT2D eigenvalue weighted by atomic mass is 32.2. The van der Waals surface area contributed by atoms with Gasteiger partial charge in [-0.3, -0.25) is 9.59 Å². The van der Waals surface area contributed by atoms with Crippen LogP contribution in [0.2, 0.25) is 0 Å². The average molecular weight is 440 g/mol. The van der Waals surface area contributed by atoms with Crippen LogP contribution in [0.15, 0.2) is 47.4 Å². The van der Waals surface area contributed by atoms with Gasteiger partial charge in [0, 0.05) is 33.1 Å². The van der Waals surface area contributed by atoms with Crippen LogP contribution < -0.4 is 5.32 Å². The van der Waals surface area contributed by atoms with Crippen molar-refractivity contribution >= 4 is 21.9 Å². The molecule has 1 N–H and O–H groups in total. The van der Waals surface area contributed by atoms with Gasteiger partial charge in [-0.25, -0.2) is 21.5 Å². The lowest BCUT2D eigenvalue weighted by Crippen LogP contribution is -2.26. The van der Waals surface area contributed by atoms with E-state index in [0.29, 0.717) is 11.6 Å². The first-order valence-electron chi connectivity index (χ1n) is 9.01. The maximum Gasteiger partial charge on any atom is 0.306 e. The van der Waals surface area contributed by atoms with Gasteiger partial charge < -0.3 is 10.1 Å². The Morgan fingerprint density at radius 2 is 1.83 bits per heavy atom. The Hall–Kier alpha value is -2.85. The van der Waals surface area contributed by atoms with Crippen LogP contribution in [0, 0.1) is 11.6 Å². The lowest BCUT2D eigenvalue weighted by atomic mass is 10.2. The molecule has 0 aliphatic rings. The van der Waals surface area contributed by atoms with Crippen LogP contribution in [0.1, 0.15) is 28.8 Å². The van der Waals surface area contributed by atoms with E-state index in [-0.39, 0.29) is 36.5 Å². The van der Waals surface area contributed by atoms with E-state index in [1.165, 1.54) is 26.2 Å². The van der Waals surface area contributed by atoms with Crippen LogP contribution in [-0.2, 0) is 26.2 Å². The second kappa shape index (κ2) is 10.3. The first-order chi connectivity index (χ1) is 14.1. The van der Waals surface area contributed by atoms with Crippen molar-refractivity contribution in [2.45, 2.75) is 24.3 Å². The first-order valence-corrected chi connectivity index (χ1v) is 10.5. The van der Waals surface area contributed by atoms with Gasteiger partial charge in [-0.2, -0.15) is 0 Å². The number of carbonyl (C=O) groups excluding carboxylic acids is 2. The van der Waals surface area contributed by atoms with Gasteiger partial charge >= 0.3 is 5.97 Å². The molecule has 1 amide bonds. The average Bonchev–Trinajstić information content (AvgIpc) is 2.69. The predicted molar refractivity (Wildman–Crippen MR) is 105 cm³/mol. The van der Waals surface area contributed by atoms with Crippen molar-refractivity contribution in [1.29, 1.82) is 0 Å². The second-order valence-corrected chi connectivity index (χ2v) is 8.73. The maximum atomic E-state index is 13.5. The molecule has 162 valence electrons. The molecule has 10 heteroatoms. The van der Waals surface area contributed by atoms with E-state index in [9.17, 15) is 26.8 Å². The van der Waals surface area contributed by atoms with Crippen molar-refractivity contribution < 1.29 is 31.5 Å². The number of esters is 1. The van der Waals surface area contributed by atoms with Gasteiger partial charge in [0.1, 0.15) is 18.2 Å². The molecule has 30 heavy (non-hydrogen) atoms. The summed E-state index contributed by atoms with van der Waals surface area (Å²) in [4.78, 5) is 23.8. The lowest BCUT2D eigenvalue weighted by molar-refractivity contribution is -0.145. The van der Waals surface area contributed by atoms with E-state index < -0.39 is 33.5 Å². The van der Waals surface area contributed by atoms with Crippen molar-refractivity contribution in [2.75, 3.05) is 20.6 Å². The van der Waals surface area contributed by atoms with Crippen LogP contribution in [0.4, 0.5) is 8.78 Å². The molecular formula is C20H22F2N2O5S. The van der Waals surface area contributed by atoms with E-state index in [4.69, 9.17) is 4.74 Å². The SMILES string of the molecule is CN(C)S(=O)(=O)c1cccc(COC(=O)CCCNC(=O)c2ccc(F)cc2F)c1. The number of carbonyl (C=O) groups is 2. The number of benzene rings is 2. The van der Waals surface area contributed by atoms with Gasteiger partial charge in [0.05, 0.1) is 10.5 Å². The molecule has 0 heterocycles. The summed E-state index contributed by atoms with van der Waals surface area (Å²) in [5.41, 5.74) is 0.234. The molecule has 0 fully saturated rings. The zero-order valence-electron chi connectivity index (χ0n) is 16.5. The number of ether oxygens (including phenoxy) is 1. The Kier molecular flexibility index (Phi) is 8.01. The molecular weight excluding hydrogens is 418 g/mol. The molecule has 0 aromatic heterocycles. The zero-order chi connectivity index (χ0) is 22.3. The Balaban J connectivity index is 1.77. The van der Waals surface area contributed by atoms with Gasteiger partial charge in [0.25, 0.3) is 5.91 Å². The van der Waals surface area contributed by atoms with Crippen molar-refractivity contribution in [3.05, 3.63) is 65.2 Å². The summed E-state index contributed by atoms with van der Waals surface area (Å²) in [5.74, 6) is -2.99. The molecule has 0 bridgehead atoms. The molecule has 0 saturated heterocycles. The maximum absolute atomic E-state index is 13.5. The number of nitrogens with one attached hydrogen (secondary N) is 1. The first kappa shape index (κ1) is 23.4. The highest BCUT2D eigenvalue weighted by Gasteiger charge is 2.17. The van der Waals surface area contributed by atoms with E-state index in [1.807, 2.05) is 0 Å². The number of hydrogen-bond acceptors (Lipinski definition) is 5. The third kappa shape index (κ3) is 6.33. The molecule has 0 spiro atoms. The van der Waals surface area contributed by atoms with Gasteiger partial charge in [0.2, 0.25) is 10.0 Å². The zero-order valence-corrected chi connectivity index (χ0v) is 17.3. The summed E-state index contributed by atoms with van der Waals surface area (Å²) in [6, 6.07) is 8.72. The number of halogens is 2. The smallest absolute Gasteiger partial charge is 0.306 e. The molecule has 0 aliphatic heterocycles. The van der Waals surface area contributed by atoms with Crippen LogP contribution in [0.25, 0.3) is 0 Å². The van der Waals surface area contributed by atoms with Crippen LogP contribution in [0.5, 0.6) is 0 Å². The van der Waals surface area contributed by atoms with E-state index in [0.717, 1.165) is 16.4 Å². The van der Waals surface area contributed by atoms with Crippen molar-refractivity contribution in [2.24, 2.45) is 0 Å². The van der Waals surface area contributed by atoms with Crippen LogP contribution in [-0.4, -0.2) is 45.2 Å². The Morgan fingerprint density at radius 1 is 1.10 bits per heavy atom. The fourth-order valence-corrected chi connectivity index (χ4v) is 3.42. The Bertz CT molecular complexity index is 1030. The molecule has 0 aliphatic carbocycles. The summed E-state index contributed by atoms with van der Waals surface area (Å²) >= 11 is 0. The van der Waals surface area contributed by atoms with Crippen molar-refractivity contribution in [1.82, 2.24) is 9.62 Å². The Labute approximate surface area is 173 Å². The third-order valence-corrected chi connectivity index (χ3v) is 5.91. The summed E-state index contributed by atoms with van der Waals surface area (Å²) in [6.07, 6.45) is 0.254. The van der Waals surface area contributed by atoms with Crippen molar-refractivity contribution in [3.63, 3.8) is 0 Å². The topological polar surface area (TPSA) is 92.8 Å². The molecule has 2 aromatic rings. The largest absolute Gasteiger partial charge is 0.461 e. The van der Waals surface area contributed by atoms with E-state index in [1.54, 1.807) is 12.1 Å². The molecule has 7 nitrogen and oxygen atoms in total. The standard InChI is InChI=1S/C20H22F2N2O5S/c1-24(2)30(27,28)16-6-3-5-14(11-16)13-29-19(25)7-4-10-23-20(26)17-9-8-15(21)12-18(17)22/h3,5-6,8-9,11-12H,4,7,10,13H2,1-2H3,(H,23,26). The minimum atomic E-state index is -3.59. The van der Waals surface area contributed by atoms with E-state index in [2.05, 4.69) is 5.32 Å². The molecule has 0 saturated carbocycles. The van der Waals surface area contributed by atoms with Crippen LogP contribution in [0.3, 0.4) is 0 Å². The Morgan fingerprint density at radius 3 is 2.50 bits per heavy atom. The number of nitrogens with zero attached hydrogens (tertiary/aromatic N) is 1. The number of amides is 1. The fourth-order valence-electron chi connectivity index (χ4n) is 2.45. The minimum absolute atomic E-state index is 0.00185. The summed E-state index contributed by atoms with van der Waals surface area (Å²) in [5, 5.41) is 2.44. The summed E-state index contributed by atoms with van der Waals surface area (Å²) in [7, 11) is -0.743.